The summed E-state index contributed by atoms with van der Waals surface area (Å²) in [4.78, 5) is 47.3. The van der Waals surface area contributed by atoms with E-state index in [0.29, 0.717) is 42.4 Å². The quantitative estimate of drug-likeness (QED) is 0.0617. The molecule has 7 aromatic rings. The van der Waals surface area contributed by atoms with Gasteiger partial charge in [0, 0.05) is 24.7 Å². The summed E-state index contributed by atoms with van der Waals surface area (Å²) in [7, 11) is 1.35. The van der Waals surface area contributed by atoms with Gasteiger partial charge in [0.1, 0.15) is 16.9 Å². The van der Waals surface area contributed by atoms with Gasteiger partial charge in [-0.1, -0.05) is 189 Å². The number of nitrogens with zero attached hydrogens (tertiary/aromatic N) is 4. The van der Waals surface area contributed by atoms with Gasteiger partial charge >= 0.3 is 5.97 Å². The number of carbonyl (C=O) groups is 2. The predicted octanol–water partition coefficient (Wildman–Crippen LogP) is 11.2. The number of aromatic nitrogens is 1. The molecule has 8 heteroatoms. The van der Waals surface area contributed by atoms with Gasteiger partial charge in [-0.2, -0.15) is 0 Å². The highest BCUT2D eigenvalue weighted by molar-refractivity contribution is 6.06. The first kappa shape index (κ1) is 42.3. The van der Waals surface area contributed by atoms with Crippen LogP contribution in [0.4, 0.5) is 5.69 Å². The van der Waals surface area contributed by atoms with Gasteiger partial charge in [0.15, 0.2) is 0 Å². The number of rotatable bonds is 14. The average Bonchev–Trinajstić information content (AvgIpc) is 3.54. The maximum absolute atomic E-state index is 15.1. The molecule has 8 nitrogen and oxygen atoms in total. The second-order valence-electron chi connectivity index (χ2n) is 15.3. The molecule has 1 aromatic heterocycles. The number of hydroxylamine groups is 2. The van der Waals surface area contributed by atoms with Crippen LogP contribution in [0.5, 0.6) is 0 Å². The zero-order valence-corrected chi connectivity index (χ0v) is 35.8. The summed E-state index contributed by atoms with van der Waals surface area (Å²) in [5.41, 5.74) is 4.89. The lowest BCUT2D eigenvalue weighted by molar-refractivity contribution is -0.180. The van der Waals surface area contributed by atoms with E-state index in [9.17, 15) is 4.79 Å². The van der Waals surface area contributed by atoms with Crippen LogP contribution in [0.2, 0.25) is 0 Å². The van der Waals surface area contributed by atoms with Crippen LogP contribution < -0.4 is 0 Å². The second-order valence-corrected chi connectivity index (χ2v) is 15.3. The van der Waals surface area contributed by atoms with Crippen molar-refractivity contribution in [3.63, 3.8) is 0 Å². The van der Waals surface area contributed by atoms with E-state index in [-0.39, 0.29) is 17.9 Å². The smallest absolute Gasteiger partial charge is 0.339 e. The molecule has 6 aromatic carbocycles. The third-order valence-corrected chi connectivity index (χ3v) is 11.5. The molecule has 0 N–H and O–H groups in total. The first-order valence-electron chi connectivity index (χ1n) is 21.4. The average molecular weight is 831 g/mol. The Morgan fingerprint density at radius 3 is 1.35 bits per heavy atom. The van der Waals surface area contributed by atoms with Crippen molar-refractivity contribution >= 4 is 29.5 Å². The molecule has 0 saturated heterocycles. The van der Waals surface area contributed by atoms with Crippen molar-refractivity contribution in [2.75, 3.05) is 20.3 Å². The molecule has 0 fully saturated rings. The first-order chi connectivity index (χ1) is 31.0. The number of amides is 1. The number of amidine groups is 1. The number of ether oxygens (including phenoxy) is 1. The lowest BCUT2D eigenvalue weighted by Crippen LogP contribution is -2.62. The minimum atomic E-state index is -1.18. The van der Waals surface area contributed by atoms with E-state index in [1.54, 1.807) is 12.1 Å². The number of methoxy groups -OCH3 is 1. The number of aliphatic imine (C=N–C) groups is 1. The number of carbonyl (C=O) groups excluding carboxylic acids is 2. The van der Waals surface area contributed by atoms with Gasteiger partial charge in [0.05, 0.1) is 30.7 Å². The fraction of sp³-hybridized carbons (Fsp3) is 0.164. The zero-order valence-electron chi connectivity index (χ0n) is 35.8. The summed E-state index contributed by atoms with van der Waals surface area (Å²) in [6, 6.07) is 64.7. The van der Waals surface area contributed by atoms with E-state index in [1.807, 2.05) is 50.2 Å². The summed E-state index contributed by atoms with van der Waals surface area (Å²) in [5, 5.41) is 1.44. The fourth-order valence-electron chi connectivity index (χ4n) is 8.96. The van der Waals surface area contributed by atoms with Crippen LogP contribution in [0.15, 0.2) is 205 Å². The van der Waals surface area contributed by atoms with Gasteiger partial charge in [-0.15, -0.1) is 0 Å². The normalized spacial score (nSPS) is 12.6. The summed E-state index contributed by atoms with van der Waals surface area (Å²) in [6.45, 7) is 4.58. The van der Waals surface area contributed by atoms with Crippen molar-refractivity contribution < 1.29 is 19.2 Å². The third-order valence-electron chi connectivity index (χ3n) is 11.5. The molecule has 314 valence electrons. The molecule has 2 heterocycles. The number of pyridine rings is 1. The lowest BCUT2D eigenvalue weighted by atomic mass is 9.67. The van der Waals surface area contributed by atoms with Crippen LogP contribution in [0.3, 0.4) is 0 Å². The van der Waals surface area contributed by atoms with E-state index in [2.05, 4.69) is 150 Å². The molecule has 0 saturated carbocycles. The Hall–Kier alpha value is -7.42. The molecule has 0 atom stereocenters. The van der Waals surface area contributed by atoms with E-state index in [1.165, 1.54) is 18.4 Å². The van der Waals surface area contributed by atoms with Crippen molar-refractivity contribution in [1.29, 1.82) is 0 Å². The SMILES string of the molecule is CCCN(OCC)C(=O)C1=Cc2ncc(C(=O)OC)cc2N=C(N(C(c2ccccc2)(c2ccccc2)c2ccccc2)C(c2ccccc2)(c2ccccc2)c2ccccc2)C1. The van der Waals surface area contributed by atoms with Crippen molar-refractivity contribution in [2.45, 2.75) is 37.8 Å². The topological polar surface area (TPSA) is 84.3 Å². The Morgan fingerprint density at radius 1 is 0.603 bits per heavy atom. The summed E-state index contributed by atoms with van der Waals surface area (Å²) >= 11 is 0. The Bertz CT molecular complexity index is 2370. The standard InChI is InChI=1S/C55H50N4O4/c1-4-36-58(63-5-2)52(60)41-37-49-50(38-42(40-56-49)53(61)62-3)57-51(39-41)59(54(43-24-12-6-13-25-43,44-26-14-7-15-27-44)45-28-16-8-17-29-45)55(46-30-18-9-19-31-46,47-32-20-10-21-33-47)48-34-22-11-23-35-48/h6-35,37-38,40H,4-5,36,39H2,1-3H3. The summed E-state index contributed by atoms with van der Waals surface area (Å²) < 4.78 is 5.20. The highest BCUT2D eigenvalue weighted by Gasteiger charge is 2.56. The molecule has 0 spiro atoms. The summed E-state index contributed by atoms with van der Waals surface area (Å²) in [5.74, 6) is -0.306. The predicted molar refractivity (Wildman–Crippen MR) is 249 cm³/mol. The number of hydrogen-bond donors (Lipinski definition) is 0. The van der Waals surface area contributed by atoms with Gasteiger partial charge < -0.3 is 9.64 Å². The molecule has 0 aliphatic carbocycles. The van der Waals surface area contributed by atoms with E-state index < -0.39 is 17.0 Å². The van der Waals surface area contributed by atoms with Crippen LogP contribution in [0.25, 0.3) is 6.08 Å². The molecule has 0 bridgehead atoms. The maximum Gasteiger partial charge on any atom is 0.339 e. The monoisotopic (exact) mass is 830 g/mol. The van der Waals surface area contributed by atoms with E-state index in [4.69, 9.17) is 19.6 Å². The van der Waals surface area contributed by atoms with Gasteiger partial charge in [0.25, 0.3) is 5.91 Å². The van der Waals surface area contributed by atoms with Gasteiger partial charge in [0.2, 0.25) is 0 Å². The van der Waals surface area contributed by atoms with Crippen LogP contribution in [0, 0.1) is 0 Å². The van der Waals surface area contributed by atoms with Crippen LogP contribution >= 0.6 is 0 Å². The minimum Gasteiger partial charge on any atom is -0.465 e. The van der Waals surface area contributed by atoms with Crippen molar-refractivity contribution in [1.82, 2.24) is 14.9 Å². The number of esters is 1. The Labute approximate surface area is 369 Å². The first-order valence-corrected chi connectivity index (χ1v) is 21.4. The zero-order chi connectivity index (χ0) is 43.7. The largest absolute Gasteiger partial charge is 0.465 e. The third kappa shape index (κ3) is 7.97. The Morgan fingerprint density at radius 2 is 1.00 bits per heavy atom. The minimum absolute atomic E-state index is 0.0541. The Balaban J connectivity index is 1.63. The molecule has 1 aliphatic rings. The molecule has 1 aliphatic heterocycles. The number of benzene rings is 6. The van der Waals surface area contributed by atoms with Gasteiger partial charge in [-0.25, -0.2) is 14.9 Å². The van der Waals surface area contributed by atoms with E-state index in [0.717, 1.165) is 33.4 Å². The molecule has 63 heavy (non-hydrogen) atoms. The number of fused-ring (bicyclic) bond motifs is 1. The molecule has 1 amide bonds. The maximum atomic E-state index is 15.1. The van der Waals surface area contributed by atoms with Gasteiger partial charge in [-0.05, 0) is 58.9 Å². The molecule has 0 unspecified atom stereocenters. The molecule has 8 rings (SSSR count). The van der Waals surface area contributed by atoms with Crippen LogP contribution in [-0.4, -0.2) is 52.9 Å². The molecular formula is C55H50N4O4. The molecule has 0 radical (unpaired) electrons. The van der Waals surface area contributed by atoms with Crippen LogP contribution in [0.1, 0.15) is 76.1 Å². The lowest BCUT2D eigenvalue weighted by Gasteiger charge is -2.57. The fourth-order valence-corrected chi connectivity index (χ4v) is 8.96. The highest BCUT2D eigenvalue weighted by Crippen LogP contribution is 2.55. The second kappa shape index (κ2) is 19.1. The highest BCUT2D eigenvalue weighted by atomic mass is 16.7. The van der Waals surface area contributed by atoms with E-state index >= 15 is 4.79 Å². The molecular weight excluding hydrogens is 781 g/mol. The van der Waals surface area contributed by atoms with Crippen LogP contribution in [-0.2, 0) is 25.4 Å². The van der Waals surface area contributed by atoms with Gasteiger partial charge in [-0.3, -0.25) is 14.6 Å². The Kier molecular flexibility index (Phi) is 12.8. The van der Waals surface area contributed by atoms with Crippen molar-refractivity contribution in [3.05, 3.63) is 244 Å². The van der Waals surface area contributed by atoms with Crippen molar-refractivity contribution in [3.8, 4) is 0 Å². The number of hydrogen-bond acceptors (Lipinski definition) is 7. The summed E-state index contributed by atoms with van der Waals surface area (Å²) in [6.07, 6.45) is 4.00. The van der Waals surface area contributed by atoms with Crippen molar-refractivity contribution in [2.24, 2.45) is 4.99 Å².